The maximum atomic E-state index is 11.6. The summed E-state index contributed by atoms with van der Waals surface area (Å²) in [7, 11) is -10.5. The van der Waals surface area contributed by atoms with E-state index in [1.54, 1.807) is 48.8 Å². The molecule has 0 heterocycles. The number of rotatable bonds is 8. The Balaban J connectivity index is -0.000000639. The Morgan fingerprint density at radius 3 is 1.42 bits per heavy atom. The van der Waals surface area contributed by atoms with E-state index in [0.717, 1.165) is 0 Å². The molecule has 0 saturated heterocycles. The minimum Gasteiger partial charge on any atom is -2.00 e. The van der Waals surface area contributed by atoms with Crippen LogP contribution < -0.4 is 10.2 Å². The molecule has 0 fully saturated rings. The fraction of sp³-hybridized carbons (Fsp3) is 0.417. The van der Waals surface area contributed by atoms with E-state index in [1.165, 1.54) is 30.6 Å². The molecule has 0 aliphatic carbocycles. The Hall–Kier alpha value is -1.56. The zero-order valence-corrected chi connectivity index (χ0v) is 26.4. The van der Waals surface area contributed by atoms with Gasteiger partial charge in [0.2, 0.25) is 0 Å². The molecule has 0 N–H and O–H groups in total. The van der Waals surface area contributed by atoms with Crippen LogP contribution in [0.2, 0.25) is 0 Å². The van der Waals surface area contributed by atoms with Crippen LogP contribution in [0.15, 0.2) is 58.5 Å². The summed E-state index contributed by atoms with van der Waals surface area (Å²) < 4.78 is 59.2. The molecule has 14 heteroatoms. The van der Waals surface area contributed by atoms with Gasteiger partial charge < -0.3 is 15.7 Å². The van der Waals surface area contributed by atoms with Crippen LogP contribution >= 0.6 is 15.7 Å². The van der Waals surface area contributed by atoms with Crippen LogP contribution in [0.5, 0.6) is 11.5 Å². The van der Waals surface area contributed by atoms with Crippen molar-refractivity contribution in [3.63, 3.8) is 0 Å². The van der Waals surface area contributed by atoms with Crippen molar-refractivity contribution in [2.75, 3.05) is 25.0 Å². The van der Waals surface area contributed by atoms with Crippen molar-refractivity contribution in [3.8, 4) is 11.5 Å². The van der Waals surface area contributed by atoms with Gasteiger partial charge in [0.05, 0.1) is 30.6 Å². The summed E-state index contributed by atoms with van der Waals surface area (Å²) >= 11 is 0. The van der Waals surface area contributed by atoms with Crippen LogP contribution in [0, 0.1) is 0 Å². The third kappa shape index (κ3) is 24.8. The fourth-order valence-electron chi connectivity index (χ4n) is 2.58. The molecule has 2 aromatic rings. The summed E-state index contributed by atoms with van der Waals surface area (Å²) in [5.41, 5.74) is 0.674. The zero-order valence-electron chi connectivity index (χ0n) is 21.8. The van der Waals surface area contributed by atoms with Gasteiger partial charge in [0.25, 0.3) is 0 Å². The van der Waals surface area contributed by atoms with Crippen molar-refractivity contribution in [3.05, 3.63) is 59.7 Å². The molecule has 0 atom stereocenters. The molecule has 0 spiro atoms. The second-order valence-corrected chi connectivity index (χ2v) is 13.9. The van der Waals surface area contributed by atoms with Gasteiger partial charge in [-0.05, 0) is 53.7 Å². The van der Waals surface area contributed by atoms with Crippen molar-refractivity contribution in [1.82, 2.24) is 0 Å². The van der Waals surface area contributed by atoms with Gasteiger partial charge in [0, 0.05) is 32.9 Å². The van der Waals surface area contributed by atoms with E-state index in [4.69, 9.17) is 0 Å². The van der Waals surface area contributed by atoms with Crippen molar-refractivity contribution < 1.29 is 61.3 Å². The number of para-hydroxylation sites is 2. The van der Waals surface area contributed by atoms with Gasteiger partial charge in [-0.3, -0.25) is 9.98 Å². The predicted octanol–water partition coefficient (Wildman–Crippen LogP) is 7.67. The number of aliphatic imine (C=N–C) groups is 2. The quantitative estimate of drug-likeness (QED) is 0.157. The first-order valence-electron chi connectivity index (χ1n) is 11.2. The molecule has 5 nitrogen and oxygen atoms in total. The number of benzene rings is 2. The van der Waals surface area contributed by atoms with Crippen LogP contribution in [-0.2, 0) is 25.9 Å². The first-order valence-corrected chi connectivity index (χ1v) is 15.4. The van der Waals surface area contributed by atoms with Gasteiger partial charge in [-0.1, -0.05) is 48.5 Å². The SMILES string of the molecule is CC(C)(CN=Cc1ccccc1[O-])N=Cc1ccccc1[O-].CC[PH+](CC)CC.F[P-](F)(F)(F)(F)F.[O-2].[Re]. The Morgan fingerprint density at radius 1 is 0.763 bits per heavy atom. The summed E-state index contributed by atoms with van der Waals surface area (Å²) in [6.45, 7) is 11.2. The largest absolute Gasteiger partial charge is 2.00 e. The minimum absolute atomic E-state index is 0. The molecular weight excluding hydrogens is 726 g/mol. The predicted molar refractivity (Wildman–Crippen MR) is 140 cm³/mol. The van der Waals surface area contributed by atoms with E-state index in [-0.39, 0.29) is 45.3 Å². The number of nitrogens with zero attached hydrogens (tertiary/aromatic N) is 2. The Kier molecular flexibility index (Phi) is 17.8. The standard InChI is InChI=1S/C18H20N2O2.C6H15P.F6P.O.Re/c1-18(2,20-12-15-8-4-6-10-17(15)22)13-19-11-14-7-3-5-9-16(14)21;1-4-7(5-2)6-3;1-7(2,3,4,5)6;;/h3-12,21-22H,13H2,1-2H3;4-6H2,1-3H3;;;/q;;-1;-2;/p-1. The average Bonchev–Trinajstić information content (AvgIpc) is 2.74. The molecule has 0 amide bonds. The monoisotopic (exact) mass is 761 g/mol. The smallest absolute Gasteiger partial charge is 0 e. The molecule has 0 unspecified atom stereocenters. The Morgan fingerprint density at radius 2 is 1.11 bits per heavy atom. The van der Waals surface area contributed by atoms with E-state index in [9.17, 15) is 35.4 Å². The van der Waals surface area contributed by atoms with E-state index >= 15 is 0 Å². The summed E-state index contributed by atoms with van der Waals surface area (Å²) in [5, 5.41) is 23.2. The van der Waals surface area contributed by atoms with Gasteiger partial charge in [-0.25, -0.2) is 0 Å². The van der Waals surface area contributed by atoms with Crippen LogP contribution in [0.4, 0.5) is 25.2 Å². The maximum absolute atomic E-state index is 11.6. The van der Waals surface area contributed by atoms with Crippen LogP contribution in [0.25, 0.3) is 0 Å². The van der Waals surface area contributed by atoms with Gasteiger partial charge in [-0.15, -0.1) is 11.5 Å². The van der Waals surface area contributed by atoms with Gasteiger partial charge >= 0.3 is 33.0 Å². The van der Waals surface area contributed by atoms with Crippen molar-refractivity contribution in [1.29, 1.82) is 0 Å². The molecule has 221 valence electrons. The second-order valence-electron chi connectivity index (χ2n) is 8.39. The molecule has 0 aliphatic heterocycles. The summed E-state index contributed by atoms with van der Waals surface area (Å²) in [6.07, 6.45) is 7.52. The Labute approximate surface area is 235 Å². The number of hydrogen-bond donors (Lipinski definition) is 0. The summed E-state index contributed by atoms with van der Waals surface area (Å²) in [5.74, 6) is -0.0985. The summed E-state index contributed by atoms with van der Waals surface area (Å²) in [4.78, 5) is 8.72. The normalized spacial score (nSPS) is 13.3. The summed E-state index contributed by atoms with van der Waals surface area (Å²) in [6, 6.07) is 13.5. The Bertz CT molecular complexity index is 988. The fourth-order valence-corrected chi connectivity index (χ4v) is 4.08. The second kappa shape index (κ2) is 16.5. The van der Waals surface area contributed by atoms with Gasteiger partial charge in [0.15, 0.2) is 0 Å². The van der Waals surface area contributed by atoms with E-state index < -0.39 is 13.3 Å². The zero-order chi connectivity index (χ0) is 28.1. The number of halogens is 6. The van der Waals surface area contributed by atoms with Gasteiger partial charge in [0.1, 0.15) is 0 Å². The third-order valence-electron chi connectivity index (χ3n) is 4.60. The van der Waals surface area contributed by atoms with E-state index in [0.29, 0.717) is 17.7 Å². The van der Waals surface area contributed by atoms with E-state index in [2.05, 4.69) is 30.8 Å². The average molecular weight is 761 g/mol. The minimum atomic E-state index is -10.7. The van der Waals surface area contributed by atoms with Crippen molar-refractivity contribution in [2.45, 2.75) is 40.2 Å². The van der Waals surface area contributed by atoms with E-state index in [1.807, 2.05) is 13.8 Å². The van der Waals surface area contributed by atoms with Crippen LogP contribution in [-0.4, -0.2) is 43.0 Å². The molecule has 0 saturated carbocycles. The molecule has 2 aromatic carbocycles. The molecule has 0 aliphatic rings. The van der Waals surface area contributed by atoms with Gasteiger partial charge in [-0.2, -0.15) is 0 Å². The molecule has 1 radical (unpaired) electrons. The first kappa shape index (κ1) is 40.9. The van der Waals surface area contributed by atoms with Crippen LogP contribution in [0.3, 0.4) is 0 Å². The first-order chi connectivity index (χ1) is 16.3. The van der Waals surface area contributed by atoms with Crippen molar-refractivity contribution in [2.24, 2.45) is 9.98 Å². The molecule has 38 heavy (non-hydrogen) atoms. The maximum Gasteiger partial charge on any atom is 0 e. The molecule has 0 aromatic heterocycles. The molecule has 0 bridgehead atoms. The third-order valence-corrected chi connectivity index (χ3v) is 7.60. The van der Waals surface area contributed by atoms with Crippen LogP contribution in [0.1, 0.15) is 45.7 Å². The molecule has 2 rings (SSSR count). The topological polar surface area (TPSA) is 99.3 Å². The number of hydrogen-bond acceptors (Lipinski definition) is 4. The van der Waals surface area contributed by atoms with Crippen molar-refractivity contribution >= 4 is 28.2 Å². The molecular formula is C24H34F6N2O3P2Re-4.